The summed E-state index contributed by atoms with van der Waals surface area (Å²) >= 11 is 0. The fourth-order valence-corrected chi connectivity index (χ4v) is 1.99. The van der Waals surface area contributed by atoms with Gasteiger partial charge in [-0.3, -0.25) is 4.79 Å². The first-order valence-electron chi connectivity index (χ1n) is 7.63. The highest BCUT2D eigenvalue weighted by molar-refractivity contribution is 5.99. The summed E-state index contributed by atoms with van der Waals surface area (Å²) < 4.78 is 4.74. The normalized spacial score (nSPS) is 11.0. The molecule has 1 aromatic carbocycles. The molecular weight excluding hydrogens is 310 g/mol. The second kappa shape index (κ2) is 7.81. The fourth-order valence-electron chi connectivity index (χ4n) is 1.99. The Balaban J connectivity index is 2.94. The van der Waals surface area contributed by atoms with Gasteiger partial charge in [-0.1, -0.05) is 6.07 Å². The molecule has 0 aliphatic carbocycles. The van der Waals surface area contributed by atoms with Crippen molar-refractivity contribution >= 4 is 23.6 Å². The lowest BCUT2D eigenvalue weighted by Crippen LogP contribution is -2.51. The highest BCUT2D eigenvalue weighted by atomic mass is 16.5. The summed E-state index contributed by atoms with van der Waals surface area (Å²) in [7, 11) is 2.81. The number of carbonyl (C=O) groups excluding carboxylic acids is 3. The van der Waals surface area contributed by atoms with Crippen LogP contribution in [0.25, 0.3) is 0 Å². The van der Waals surface area contributed by atoms with E-state index in [2.05, 4.69) is 10.6 Å². The first kappa shape index (κ1) is 19.5. The number of rotatable bonds is 5. The van der Waals surface area contributed by atoms with Crippen LogP contribution in [-0.2, 0) is 9.53 Å². The Hall–Kier alpha value is -2.57. The molecule has 0 spiro atoms. The van der Waals surface area contributed by atoms with E-state index in [1.807, 2.05) is 13.8 Å². The van der Waals surface area contributed by atoms with Gasteiger partial charge in [-0.2, -0.15) is 0 Å². The number of nitrogens with one attached hydrogen (secondary N) is 2. The minimum atomic E-state index is -1.11. The molecule has 0 atom stereocenters. The van der Waals surface area contributed by atoms with Crippen molar-refractivity contribution in [2.24, 2.45) is 0 Å². The molecule has 0 bridgehead atoms. The average molecular weight is 335 g/mol. The van der Waals surface area contributed by atoms with Gasteiger partial charge in [0.2, 0.25) is 0 Å². The van der Waals surface area contributed by atoms with E-state index in [0.29, 0.717) is 11.3 Å². The van der Waals surface area contributed by atoms with E-state index < -0.39 is 11.5 Å². The molecule has 0 aliphatic heterocycles. The molecule has 1 rings (SSSR count). The number of amides is 3. The summed E-state index contributed by atoms with van der Waals surface area (Å²) in [5.41, 5.74) is -0.260. The first-order valence-corrected chi connectivity index (χ1v) is 7.63. The Morgan fingerprint density at radius 2 is 1.83 bits per heavy atom. The zero-order chi connectivity index (χ0) is 18.5. The van der Waals surface area contributed by atoms with Gasteiger partial charge in [-0.15, -0.1) is 0 Å². The topological polar surface area (TPSA) is 87.7 Å². The number of hydrogen-bond acceptors (Lipinski definition) is 4. The second-order valence-electron chi connectivity index (χ2n) is 6.25. The number of ether oxygens (including phenoxy) is 1. The standard InChI is InChI=1S/C17H25N3O4/c1-11(2)18-16(23)19-13-9-7-8-12(10-13)14(21)20(5)17(3,4)15(22)24-6/h7-11H,1-6H3,(H2,18,19,23). The van der Waals surface area contributed by atoms with Gasteiger partial charge in [-0.05, 0) is 45.9 Å². The van der Waals surface area contributed by atoms with Crippen LogP contribution in [0.15, 0.2) is 24.3 Å². The van der Waals surface area contributed by atoms with Crippen LogP contribution in [0.2, 0.25) is 0 Å². The van der Waals surface area contributed by atoms with E-state index in [4.69, 9.17) is 4.74 Å². The largest absolute Gasteiger partial charge is 0.467 e. The summed E-state index contributed by atoms with van der Waals surface area (Å²) in [6.45, 7) is 6.91. The Kier molecular flexibility index (Phi) is 6.34. The maximum Gasteiger partial charge on any atom is 0.331 e. The SMILES string of the molecule is COC(=O)C(C)(C)N(C)C(=O)c1cccc(NC(=O)NC(C)C)c1. The van der Waals surface area contributed by atoms with Gasteiger partial charge in [0.15, 0.2) is 0 Å². The molecule has 24 heavy (non-hydrogen) atoms. The predicted molar refractivity (Wildman–Crippen MR) is 91.9 cm³/mol. The van der Waals surface area contributed by atoms with E-state index in [-0.39, 0.29) is 18.0 Å². The van der Waals surface area contributed by atoms with Crippen LogP contribution in [0.3, 0.4) is 0 Å². The summed E-state index contributed by atoms with van der Waals surface area (Å²) in [5.74, 6) is -0.859. The van der Waals surface area contributed by atoms with E-state index in [0.717, 1.165) is 0 Å². The minimum absolute atomic E-state index is 0.00167. The lowest BCUT2D eigenvalue weighted by Gasteiger charge is -2.32. The van der Waals surface area contributed by atoms with Crippen LogP contribution >= 0.6 is 0 Å². The summed E-state index contributed by atoms with van der Waals surface area (Å²) in [6.07, 6.45) is 0. The molecule has 0 heterocycles. The molecule has 7 heteroatoms. The number of likely N-dealkylation sites (N-methyl/N-ethyl adjacent to an activating group) is 1. The van der Waals surface area contributed by atoms with E-state index >= 15 is 0 Å². The van der Waals surface area contributed by atoms with Gasteiger partial charge in [0, 0.05) is 24.3 Å². The molecule has 0 unspecified atom stereocenters. The van der Waals surface area contributed by atoms with Crippen molar-refractivity contribution in [1.82, 2.24) is 10.2 Å². The lowest BCUT2D eigenvalue weighted by molar-refractivity contribution is -0.150. The molecule has 0 saturated carbocycles. The summed E-state index contributed by atoms with van der Waals surface area (Å²) in [5, 5.41) is 5.37. The minimum Gasteiger partial charge on any atom is -0.467 e. The Bertz CT molecular complexity index is 626. The van der Waals surface area contributed by atoms with Gasteiger partial charge in [0.1, 0.15) is 5.54 Å². The third kappa shape index (κ3) is 4.71. The Morgan fingerprint density at radius 1 is 1.21 bits per heavy atom. The van der Waals surface area contributed by atoms with Crippen molar-refractivity contribution in [3.05, 3.63) is 29.8 Å². The van der Waals surface area contributed by atoms with Gasteiger partial charge in [0.25, 0.3) is 5.91 Å². The number of nitrogens with zero attached hydrogens (tertiary/aromatic N) is 1. The van der Waals surface area contributed by atoms with Crippen molar-refractivity contribution in [2.45, 2.75) is 39.3 Å². The molecule has 0 aromatic heterocycles. The zero-order valence-electron chi connectivity index (χ0n) is 15.0. The molecule has 3 amide bonds. The van der Waals surface area contributed by atoms with Gasteiger partial charge in [-0.25, -0.2) is 9.59 Å². The second-order valence-corrected chi connectivity index (χ2v) is 6.25. The molecule has 132 valence electrons. The number of hydrogen-bond donors (Lipinski definition) is 2. The third-order valence-corrected chi connectivity index (χ3v) is 3.62. The van der Waals surface area contributed by atoms with Crippen LogP contribution in [0.1, 0.15) is 38.1 Å². The fraction of sp³-hybridized carbons (Fsp3) is 0.471. The predicted octanol–water partition coefficient (Wildman–Crippen LogP) is 2.24. The lowest BCUT2D eigenvalue weighted by atomic mass is 10.0. The monoisotopic (exact) mass is 335 g/mol. The Morgan fingerprint density at radius 3 is 2.38 bits per heavy atom. The molecular formula is C17H25N3O4. The van der Waals surface area contributed by atoms with Crippen LogP contribution in [0.4, 0.5) is 10.5 Å². The van der Waals surface area contributed by atoms with Crippen molar-refractivity contribution in [3.8, 4) is 0 Å². The van der Waals surface area contributed by atoms with Gasteiger partial charge < -0.3 is 20.3 Å². The smallest absolute Gasteiger partial charge is 0.331 e. The Labute approximate surface area is 142 Å². The highest BCUT2D eigenvalue weighted by Crippen LogP contribution is 2.19. The zero-order valence-corrected chi connectivity index (χ0v) is 15.0. The average Bonchev–Trinajstić information content (AvgIpc) is 2.51. The number of urea groups is 1. The molecule has 1 aromatic rings. The highest BCUT2D eigenvalue weighted by Gasteiger charge is 2.36. The number of anilines is 1. The number of benzene rings is 1. The number of esters is 1. The quantitative estimate of drug-likeness (QED) is 0.808. The van der Waals surface area contributed by atoms with E-state index in [1.54, 1.807) is 38.1 Å². The summed E-state index contributed by atoms with van der Waals surface area (Å²) in [4.78, 5) is 37.5. The van der Waals surface area contributed by atoms with Crippen LogP contribution in [0, 0.1) is 0 Å². The van der Waals surface area contributed by atoms with Crippen molar-refractivity contribution in [1.29, 1.82) is 0 Å². The van der Waals surface area contributed by atoms with E-state index in [9.17, 15) is 14.4 Å². The summed E-state index contributed by atoms with van der Waals surface area (Å²) in [6, 6.07) is 6.18. The molecule has 2 N–H and O–H groups in total. The van der Waals surface area contributed by atoms with Crippen molar-refractivity contribution in [3.63, 3.8) is 0 Å². The molecule has 7 nitrogen and oxygen atoms in total. The third-order valence-electron chi connectivity index (χ3n) is 3.62. The molecule has 0 saturated heterocycles. The van der Waals surface area contributed by atoms with Crippen molar-refractivity contribution in [2.75, 3.05) is 19.5 Å². The number of carbonyl (C=O) groups is 3. The van der Waals surface area contributed by atoms with Crippen molar-refractivity contribution < 1.29 is 19.1 Å². The molecule has 0 fully saturated rings. The first-order chi connectivity index (χ1) is 11.1. The molecule has 0 aliphatic rings. The molecule has 0 radical (unpaired) electrons. The van der Waals surface area contributed by atoms with Crippen LogP contribution < -0.4 is 10.6 Å². The number of methoxy groups -OCH3 is 1. The maximum atomic E-state index is 12.6. The van der Waals surface area contributed by atoms with Crippen LogP contribution in [0.5, 0.6) is 0 Å². The van der Waals surface area contributed by atoms with Gasteiger partial charge >= 0.3 is 12.0 Å². The van der Waals surface area contributed by atoms with E-state index in [1.165, 1.54) is 19.1 Å². The maximum absolute atomic E-state index is 12.6. The van der Waals surface area contributed by atoms with Crippen LogP contribution in [-0.4, -0.2) is 48.5 Å². The van der Waals surface area contributed by atoms with Gasteiger partial charge in [0.05, 0.1) is 7.11 Å².